The van der Waals surface area contributed by atoms with Crippen LogP contribution >= 0.6 is 11.3 Å². The van der Waals surface area contributed by atoms with Crippen molar-refractivity contribution in [2.75, 3.05) is 18.4 Å². The Labute approximate surface area is 226 Å². The van der Waals surface area contributed by atoms with Crippen molar-refractivity contribution in [3.8, 4) is 22.1 Å². The third-order valence-corrected chi connectivity index (χ3v) is 7.68. The molecule has 2 aliphatic rings. The standard InChI is InChI=1S/C27H25FN6O4S/c28-19-9-17(33-26(35)32-16-2-3-16)4-6-22(19)38-23-7-8-29-21-10-24(39-25(21)23)20-5-1-15(12-31-20)11-30-18-13-34(14-18)27(36)37/h1,4-10,12,16,18,30H,2-3,11,13-14H2,(H,36,37)(H2,32,33,35). The average molecular weight is 549 g/mol. The van der Waals surface area contributed by atoms with Crippen molar-refractivity contribution in [1.29, 1.82) is 0 Å². The predicted octanol–water partition coefficient (Wildman–Crippen LogP) is 5.03. The highest BCUT2D eigenvalue weighted by Gasteiger charge is 2.29. The summed E-state index contributed by atoms with van der Waals surface area (Å²) in [5, 5.41) is 17.7. The Kier molecular flexibility index (Phi) is 6.71. The molecular formula is C27H25FN6O4S. The van der Waals surface area contributed by atoms with Crippen LogP contribution in [-0.2, 0) is 6.54 Å². The van der Waals surface area contributed by atoms with E-state index in [0.29, 0.717) is 36.6 Å². The van der Waals surface area contributed by atoms with Gasteiger partial charge in [0, 0.05) is 61.9 Å². The van der Waals surface area contributed by atoms with Crippen LogP contribution in [0.2, 0.25) is 0 Å². The molecule has 4 N–H and O–H groups in total. The van der Waals surface area contributed by atoms with E-state index in [1.54, 1.807) is 24.5 Å². The normalized spacial score (nSPS) is 15.2. The number of hydrogen-bond donors (Lipinski definition) is 4. The van der Waals surface area contributed by atoms with Crippen molar-refractivity contribution in [1.82, 2.24) is 25.5 Å². The summed E-state index contributed by atoms with van der Waals surface area (Å²) in [5.41, 5.74) is 2.83. The number of aromatic nitrogens is 2. The van der Waals surface area contributed by atoms with Gasteiger partial charge < -0.3 is 30.7 Å². The first-order chi connectivity index (χ1) is 18.9. The number of benzene rings is 1. The van der Waals surface area contributed by atoms with Crippen LogP contribution in [0.15, 0.2) is 54.9 Å². The molecule has 1 aliphatic heterocycles. The molecule has 0 atom stereocenters. The molecule has 4 heterocycles. The fourth-order valence-corrected chi connectivity index (χ4v) is 5.22. The van der Waals surface area contributed by atoms with Gasteiger partial charge in [-0.25, -0.2) is 14.0 Å². The summed E-state index contributed by atoms with van der Waals surface area (Å²) < 4.78 is 21.5. The van der Waals surface area contributed by atoms with E-state index in [1.807, 2.05) is 18.2 Å². The molecular weight excluding hydrogens is 523 g/mol. The van der Waals surface area contributed by atoms with Crippen molar-refractivity contribution in [3.63, 3.8) is 0 Å². The second-order valence-corrected chi connectivity index (χ2v) is 10.6. The van der Waals surface area contributed by atoms with Crippen molar-refractivity contribution < 1.29 is 23.8 Å². The quantitative estimate of drug-likeness (QED) is 0.243. The van der Waals surface area contributed by atoms with Gasteiger partial charge in [-0.1, -0.05) is 6.07 Å². The van der Waals surface area contributed by atoms with Gasteiger partial charge in [-0.15, -0.1) is 11.3 Å². The van der Waals surface area contributed by atoms with Gasteiger partial charge in [0.2, 0.25) is 0 Å². The second kappa shape index (κ2) is 10.5. The molecule has 0 spiro atoms. The molecule has 10 nitrogen and oxygen atoms in total. The molecule has 1 saturated heterocycles. The van der Waals surface area contributed by atoms with Crippen molar-refractivity contribution in [2.24, 2.45) is 0 Å². The topological polar surface area (TPSA) is 129 Å². The molecule has 1 aliphatic carbocycles. The van der Waals surface area contributed by atoms with Crippen LogP contribution in [0.4, 0.5) is 19.7 Å². The van der Waals surface area contributed by atoms with Crippen LogP contribution < -0.4 is 20.7 Å². The summed E-state index contributed by atoms with van der Waals surface area (Å²) in [6, 6.07) is 11.8. The van der Waals surface area contributed by atoms with Crippen molar-refractivity contribution in [3.05, 3.63) is 66.2 Å². The summed E-state index contributed by atoms with van der Waals surface area (Å²) in [4.78, 5) is 34.1. The fraction of sp³-hybridized carbons (Fsp3) is 0.259. The summed E-state index contributed by atoms with van der Waals surface area (Å²) in [6.45, 7) is 1.58. The Morgan fingerprint density at radius 1 is 1.08 bits per heavy atom. The van der Waals surface area contributed by atoms with E-state index in [-0.39, 0.29) is 23.9 Å². The van der Waals surface area contributed by atoms with Gasteiger partial charge in [-0.05, 0) is 42.7 Å². The largest absolute Gasteiger partial charge is 0.465 e. The van der Waals surface area contributed by atoms with E-state index in [9.17, 15) is 14.0 Å². The zero-order valence-electron chi connectivity index (χ0n) is 20.7. The number of rotatable bonds is 8. The van der Waals surface area contributed by atoms with Gasteiger partial charge in [0.1, 0.15) is 5.75 Å². The lowest BCUT2D eigenvalue weighted by molar-refractivity contribution is 0.0955. The number of halogens is 1. The Morgan fingerprint density at radius 2 is 1.92 bits per heavy atom. The molecule has 0 unspecified atom stereocenters. The number of thiophene rings is 1. The van der Waals surface area contributed by atoms with E-state index in [2.05, 4.69) is 25.9 Å². The van der Waals surface area contributed by atoms with E-state index < -0.39 is 11.9 Å². The van der Waals surface area contributed by atoms with Crippen LogP contribution in [-0.4, -0.2) is 57.3 Å². The molecule has 200 valence electrons. The number of fused-ring (bicyclic) bond motifs is 1. The number of nitrogens with zero attached hydrogens (tertiary/aromatic N) is 3. The van der Waals surface area contributed by atoms with Crippen molar-refractivity contribution >= 4 is 39.4 Å². The summed E-state index contributed by atoms with van der Waals surface area (Å²) >= 11 is 1.45. The number of anilines is 1. The Hall–Kier alpha value is -4.29. The molecule has 4 aromatic rings. The smallest absolute Gasteiger partial charge is 0.407 e. The van der Waals surface area contributed by atoms with Crippen LogP contribution in [0.5, 0.6) is 11.5 Å². The predicted molar refractivity (Wildman–Crippen MR) is 145 cm³/mol. The van der Waals surface area contributed by atoms with Gasteiger partial charge in [0.15, 0.2) is 11.6 Å². The number of carbonyl (C=O) groups excluding carboxylic acids is 1. The molecule has 3 aromatic heterocycles. The maximum Gasteiger partial charge on any atom is 0.407 e. The van der Waals surface area contributed by atoms with Crippen molar-refractivity contribution in [2.45, 2.75) is 31.5 Å². The number of pyridine rings is 2. The van der Waals surface area contributed by atoms with E-state index in [1.165, 1.54) is 28.4 Å². The monoisotopic (exact) mass is 548 g/mol. The highest BCUT2D eigenvalue weighted by molar-refractivity contribution is 7.22. The SMILES string of the molecule is O=C(Nc1ccc(Oc2ccnc3cc(-c4ccc(CNC5CN(C(=O)O)C5)cn4)sc23)c(F)c1)NC1CC1. The van der Waals surface area contributed by atoms with Gasteiger partial charge in [0.05, 0.1) is 20.8 Å². The zero-order valence-corrected chi connectivity index (χ0v) is 21.5. The molecule has 1 aromatic carbocycles. The number of amides is 3. The fourth-order valence-electron chi connectivity index (χ4n) is 4.18. The molecule has 12 heteroatoms. The summed E-state index contributed by atoms with van der Waals surface area (Å²) in [6.07, 6.45) is 4.44. The van der Waals surface area contributed by atoms with Gasteiger partial charge in [-0.3, -0.25) is 9.97 Å². The van der Waals surface area contributed by atoms with E-state index in [4.69, 9.17) is 9.84 Å². The first-order valence-corrected chi connectivity index (χ1v) is 13.3. The van der Waals surface area contributed by atoms with Gasteiger partial charge in [0.25, 0.3) is 0 Å². The first-order valence-electron chi connectivity index (χ1n) is 12.5. The van der Waals surface area contributed by atoms with Crippen LogP contribution in [0.1, 0.15) is 18.4 Å². The van der Waals surface area contributed by atoms with Crippen LogP contribution in [0, 0.1) is 5.82 Å². The second-order valence-electron chi connectivity index (χ2n) is 9.57. The molecule has 0 bridgehead atoms. The summed E-state index contributed by atoms with van der Waals surface area (Å²) in [7, 11) is 0. The third kappa shape index (κ3) is 5.76. The third-order valence-electron chi connectivity index (χ3n) is 6.52. The number of carbonyl (C=O) groups is 2. The molecule has 1 saturated carbocycles. The zero-order chi connectivity index (χ0) is 26.9. The minimum Gasteiger partial charge on any atom is -0.465 e. The molecule has 6 rings (SSSR count). The molecule has 39 heavy (non-hydrogen) atoms. The maximum atomic E-state index is 14.8. The lowest BCUT2D eigenvalue weighted by atomic mass is 10.1. The average Bonchev–Trinajstić information content (AvgIpc) is 3.58. The van der Waals surface area contributed by atoms with Crippen LogP contribution in [0.3, 0.4) is 0 Å². The van der Waals surface area contributed by atoms with Crippen LogP contribution in [0.25, 0.3) is 20.8 Å². The maximum absolute atomic E-state index is 14.8. The van der Waals surface area contributed by atoms with E-state index >= 15 is 0 Å². The lowest BCUT2D eigenvalue weighted by Gasteiger charge is -2.37. The number of nitrogens with one attached hydrogen (secondary N) is 3. The Bertz CT molecular complexity index is 1540. The highest BCUT2D eigenvalue weighted by atomic mass is 32.1. The minimum atomic E-state index is -0.893. The van der Waals surface area contributed by atoms with Gasteiger partial charge in [-0.2, -0.15) is 0 Å². The highest BCUT2D eigenvalue weighted by Crippen LogP contribution is 2.39. The number of urea groups is 1. The Morgan fingerprint density at radius 3 is 2.64 bits per heavy atom. The number of likely N-dealkylation sites (tertiary alicyclic amines) is 1. The Balaban J connectivity index is 1.12. The van der Waals surface area contributed by atoms with E-state index in [0.717, 1.165) is 33.7 Å². The number of carboxylic acid groups (broad SMARTS) is 1. The number of hydrogen-bond acceptors (Lipinski definition) is 7. The number of ether oxygens (including phenoxy) is 1. The lowest BCUT2D eigenvalue weighted by Crippen LogP contribution is -2.59. The van der Waals surface area contributed by atoms with Gasteiger partial charge >= 0.3 is 12.1 Å². The minimum absolute atomic E-state index is 0.0403. The molecule has 0 radical (unpaired) electrons. The summed E-state index contributed by atoms with van der Waals surface area (Å²) in [5.74, 6) is -0.0815. The molecule has 3 amide bonds. The first kappa shape index (κ1) is 25.0. The molecule has 2 fully saturated rings.